The first-order valence-corrected chi connectivity index (χ1v) is 10.00. The maximum atomic E-state index is 10.1. The maximum absolute atomic E-state index is 10.1. The average molecular weight is 389 g/mol. The van der Waals surface area contributed by atoms with E-state index in [9.17, 15) is 5.11 Å². The van der Waals surface area contributed by atoms with Crippen LogP contribution in [0.4, 0.5) is 0 Å². The summed E-state index contributed by atoms with van der Waals surface area (Å²) in [6, 6.07) is 24.1. The molecule has 1 unspecified atom stereocenters. The highest BCUT2D eigenvalue weighted by Gasteiger charge is 2.33. The fourth-order valence-corrected chi connectivity index (χ4v) is 3.92. The Morgan fingerprint density at radius 1 is 0.966 bits per heavy atom. The Kier molecular flexibility index (Phi) is 5.72. The van der Waals surface area contributed by atoms with Crippen LogP contribution in [0.15, 0.2) is 72.8 Å². The molecule has 0 spiro atoms. The van der Waals surface area contributed by atoms with Gasteiger partial charge in [0.25, 0.3) is 0 Å². The zero-order valence-electron chi connectivity index (χ0n) is 16.9. The van der Waals surface area contributed by atoms with Gasteiger partial charge in [-0.1, -0.05) is 42.5 Å². The van der Waals surface area contributed by atoms with Crippen molar-refractivity contribution in [2.45, 2.75) is 11.8 Å². The number of phenolic OH excluding ortho intramolecular Hbond substituents is 1. The fourth-order valence-electron chi connectivity index (χ4n) is 3.92. The minimum atomic E-state index is 0.101. The second-order valence-corrected chi connectivity index (χ2v) is 7.75. The van der Waals surface area contributed by atoms with E-state index in [0.717, 1.165) is 23.6 Å². The number of aromatic hydroxyl groups is 1. The summed E-state index contributed by atoms with van der Waals surface area (Å²) < 4.78 is 11.9. The molecule has 0 bridgehead atoms. The van der Waals surface area contributed by atoms with Crippen molar-refractivity contribution in [3.63, 3.8) is 0 Å². The molecule has 3 aromatic carbocycles. The Hall–Kier alpha value is -2.98. The molecule has 1 heterocycles. The van der Waals surface area contributed by atoms with Crippen LogP contribution in [-0.4, -0.2) is 43.9 Å². The van der Waals surface area contributed by atoms with Crippen LogP contribution in [0.5, 0.6) is 17.2 Å². The molecule has 4 rings (SSSR count). The van der Waals surface area contributed by atoms with Crippen molar-refractivity contribution in [1.82, 2.24) is 4.90 Å². The van der Waals surface area contributed by atoms with Gasteiger partial charge in [0.1, 0.15) is 23.9 Å². The van der Waals surface area contributed by atoms with Crippen molar-refractivity contribution in [3.8, 4) is 17.2 Å². The Balaban J connectivity index is 1.67. The first-order valence-electron chi connectivity index (χ1n) is 10.00. The zero-order chi connectivity index (χ0) is 20.2. The fraction of sp³-hybridized carbons (Fsp3) is 0.280. The number of ether oxygens (including phenoxy) is 2. The Labute approximate surface area is 172 Å². The van der Waals surface area contributed by atoms with E-state index < -0.39 is 0 Å². The van der Waals surface area contributed by atoms with Crippen LogP contribution in [-0.2, 0) is 0 Å². The summed E-state index contributed by atoms with van der Waals surface area (Å²) in [4.78, 5) is 2.10. The van der Waals surface area contributed by atoms with E-state index in [1.807, 2.05) is 44.4 Å². The molecule has 0 aromatic heterocycles. The van der Waals surface area contributed by atoms with Crippen molar-refractivity contribution >= 4 is 0 Å². The molecule has 150 valence electrons. The van der Waals surface area contributed by atoms with E-state index >= 15 is 0 Å². The molecule has 3 aromatic rings. The van der Waals surface area contributed by atoms with Crippen molar-refractivity contribution in [3.05, 3.63) is 89.5 Å². The van der Waals surface area contributed by atoms with Gasteiger partial charge in [0.2, 0.25) is 0 Å². The smallest absolute Gasteiger partial charge is 0.123 e. The summed E-state index contributed by atoms with van der Waals surface area (Å²) in [5.41, 5.74) is 3.44. The van der Waals surface area contributed by atoms with E-state index in [1.54, 1.807) is 6.07 Å². The topological polar surface area (TPSA) is 41.9 Å². The number of nitrogens with zero attached hydrogens (tertiary/aromatic N) is 1. The van der Waals surface area contributed by atoms with Crippen LogP contribution in [0.25, 0.3) is 0 Å². The highest BCUT2D eigenvalue weighted by atomic mass is 16.5. The van der Waals surface area contributed by atoms with E-state index in [0.29, 0.717) is 13.2 Å². The SMILES string of the molecule is CN(C)CCOc1ccc(C2c3cc(O)ccc3OC[C@@H]2c2ccccc2)cc1. The third kappa shape index (κ3) is 4.38. The molecule has 0 fully saturated rings. The van der Waals surface area contributed by atoms with Gasteiger partial charge in [-0.25, -0.2) is 0 Å². The van der Waals surface area contributed by atoms with E-state index in [1.165, 1.54) is 11.1 Å². The molecule has 29 heavy (non-hydrogen) atoms. The van der Waals surface area contributed by atoms with Gasteiger partial charge in [-0.05, 0) is 55.6 Å². The number of hydrogen-bond acceptors (Lipinski definition) is 4. The highest BCUT2D eigenvalue weighted by molar-refractivity contribution is 5.51. The van der Waals surface area contributed by atoms with Gasteiger partial charge in [-0.2, -0.15) is 0 Å². The van der Waals surface area contributed by atoms with Crippen LogP contribution in [0.2, 0.25) is 0 Å². The number of rotatable bonds is 6. The maximum Gasteiger partial charge on any atom is 0.123 e. The van der Waals surface area contributed by atoms with Gasteiger partial charge >= 0.3 is 0 Å². The first kappa shape index (κ1) is 19.3. The van der Waals surface area contributed by atoms with Crippen LogP contribution in [0.1, 0.15) is 28.5 Å². The average Bonchev–Trinajstić information content (AvgIpc) is 2.74. The molecule has 4 nitrogen and oxygen atoms in total. The molecular formula is C25H27NO3. The Morgan fingerprint density at radius 3 is 2.45 bits per heavy atom. The van der Waals surface area contributed by atoms with Gasteiger partial charge in [0, 0.05) is 23.9 Å². The number of benzene rings is 3. The second kappa shape index (κ2) is 8.58. The highest BCUT2D eigenvalue weighted by Crippen LogP contribution is 2.47. The minimum absolute atomic E-state index is 0.101. The largest absolute Gasteiger partial charge is 0.508 e. The molecule has 0 aliphatic carbocycles. The van der Waals surface area contributed by atoms with Gasteiger partial charge in [-0.3, -0.25) is 0 Å². The molecular weight excluding hydrogens is 362 g/mol. The molecule has 1 N–H and O–H groups in total. The van der Waals surface area contributed by atoms with Crippen molar-refractivity contribution in [1.29, 1.82) is 0 Å². The quantitative estimate of drug-likeness (QED) is 0.667. The third-order valence-electron chi connectivity index (χ3n) is 5.42. The van der Waals surface area contributed by atoms with Crippen molar-refractivity contribution in [2.75, 3.05) is 33.9 Å². The van der Waals surface area contributed by atoms with Crippen LogP contribution < -0.4 is 9.47 Å². The monoisotopic (exact) mass is 389 g/mol. The normalized spacial score (nSPS) is 18.2. The van der Waals surface area contributed by atoms with Gasteiger partial charge in [0.15, 0.2) is 0 Å². The van der Waals surface area contributed by atoms with E-state index in [-0.39, 0.29) is 17.6 Å². The minimum Gasteiger partial charge on any atom is -0.508 e. The van der Waals surface area contributed by atoms with Crippen LogP contribution in [0.3, 0.4) is 0 Å². The molecule has 2 atom stereocenters. The van der Waals surface area contributed by atoms with Crippen molar-refractivity contribution in [2.24, 2.45) is 0 Å². The zero-order valence-corrected chi connectivity index (χ0v) is 16.9. The Bertz CT molecular complexity index is 938. The Morgan fingerprint density at radius 2 is 1.72 bits per heavy atom. The summed E-state index contributed by atoms with van der Waals surface area (Å²) in [6.45, 7) is 2.14. The summed E-state index contributed by atoms with van der Waals surface area (Å²) >= 11 is 0. The summed E-state index contributed by atoms with van der Waals surface area (Å²) in [5.74, 6) is 2.24. The molecule has 1 aliphatic heterocycles. The molecule has 0 saturated heterocycles. The lowest BCUT2D eigenvalue weighted by Gasteiger charge is -2.34. The van der Waals surface area contributed by atoms with Gasteiger partial charge < -0.3 is 19.5 Å². The van der Waals surface area contributed by atoms with Gasteiger partial charge in [-0.15, -0.1) is 0 Å². The predicted octanol–water partition coefficient (Wildman–Crippen LogP) is 4.64. The lowest BCUT2D eigenvalue weighted by molar-refractivity contribution is 0.248. The molecule has 0 amide bonds. The molecule has 0 radical (unpaired) electrons. The summed E-state index contributed by atoms with van der Waals surface area (Å²) in [6.07, 6.45) is 0. The molecule has 1 aliphatic rings. The third-order valence-corrected chi connectivity index (χ3v) is 5.42. The molecule has 0 saturated carbocycles. The number of likely N-dealkylation sites (N-methyl/N-ethyl adjacent to an activating group) is 1. The number of fused-ring (bicyclic) bond motifs is 1. The van der Waals surface area contributed by atoms with E-state index in [4.69, 9.17) is 9.47 Å². The predicted molar refractivity (Wildman–Crippen MR) is 115 cm³/mol. The van der Waals surface area contributed by atoms with Crippen LogP contribution in [0, 0.1) is 0 Å². The lowest BCUT2D eigenvalue weighted by Crippen LogP contribution is -2.25. The lowest BCUT2D eigenvalue weighted by atomic mass is 9.76. The van der Waals surface area contributed by atoms with Crippen molar-refractivity contribution < 1.29 is 14.6 Å². The van der Waals surface area contributed by atoms with Crippen LogP contribution >= 0.6 is 0 Å². The number of phenols is 1. The first-order chi connectivity index (χ1) is 14.1. The van der Waals surface area contributed by atoms with Gasteiger partial charge in [0.05, 0.1) is 6.61 Å². The summed E-state index contributed by atoms with van der Waals surface area (Å²) in [5, 5.41) is 10.1. The second-order valence-electron chi connectivity index (χ2n) is 7.75. The molecule has 4 heteroatoms. The van der Waals surface area contributed by atoms with E-state index in [2.05, 4.69) is 41.3 Å². The number of hydrogen-bond donors (Lipinski definition) is 1. The summed E-state index contributed by atoms with van der Waals surface area (Å²) in [7, 11) is 4.07. The standard InChI is InChI=1S/C25H27NO3/c1-26(2)14-15-28-21-11-8-19(9-12-21)25-22-16-20(27)10-13-24(22)29-17-23(25)18-6-4-3-5-7-18/h3-13,16,23,25,27H,14-15,17H2,1-2H3/t23-,25?/m1/s1.